The van der Waals surface area contributed by atoms with Crippen molar-refractivity contribution >= 4 is 23.4 Å². The summed E-state index contributed by atoms with van der Waals surface area (Å²) in [4.78, 5) is 10.6. The number of benzene rings is 1. The van der Waals surface area contributed by atoms with Crippen molar-refractivity contribution in [3.05, 3.63) is 48.3 Å². The van der Waals surface area contributed by atoms with E-state index in [1.807, 2.05) is 42.5 Å². The lowest BCUT2D eigenvalue weighted by Crippen LogP contribution is -2.35. The summed E-state index contributed by atoms with van der Waals surface area (Å²) in [6.45, 7) is 0.747. The molecule has 2 aromatic rings. The molecule has 3 N–H and O–H groups in total. The smallest absolute Gasteiger partial charge is 0.134 e. The zero-order valence-electron chi connectivity index (χ0n) is 14.4. The summed E-state index contributed by atoms with van der Waals surface area (Å²) < 4.78 is 0. The second-order valence-corrected chi connectivity index (χ2v) is 7.42. The van der Waals surface area contributed by atoms with E-state index in [4.69, 9.17) is 0 Å². The zero-order valence-corrected chi connectivity index (χ0v) is 15.2. The second-order valence-electron chi connectivity index (χ2n) is 6.34. The molecule has 1 heterocycles. The highest BCUT2D eigenvalue weighted by atomic mass is 32.2. The average Bonchev–Trinajstić information content (AvgIpc) is 2.90. The topological polar surface area (TPSA) is 81.5 Å². The minimum Gasteiger partial charge on any atom is -0.389 e. The number of nitrogens with one attached hydrogen (secondary N) is 1. The Morgan fingerprint density at radius 2 is 1.96 bits per heavy atom. The Balaban J connectivity index is 1.67. The Morgan fingerprint density at radius 1 is 1.20 bits per heavy atom. The van der Waals surface area contributed by atoms with Gasteiger partial charge in [0, 0.05) is 24.9 Å². The Kier molecular flexibility index (Phi) is 5.78. The molecule has 1 saturated carbocycles. The van der Waals surface area contributed by atoms with Gasteiger partial charge in [0.15, 0.2) is 0 Å². The van der Waals surface area contributed by atoms with Crippen molar-refractivity contribution in [1.29, 1.82) is 0 Å². The van der Waals surface area contributed by atoms with Gasteiger partial charge in [0.1, 0.15) is 24.1 Å². The molecule has 0 aliphatic heterocycles. The SMILES string of the molecule is CS[C@@H]1C[C@@H](Nc2cc(N(C)Cc3ccccc3)ncn2)[C@H](O)[C@H]1O. The lowest BCUT2D eigenvalue weighted by Gasteiger charge is -2.21. The van der Waals surface area contributed by atoms with Crippen LogP contribution in [0.2, 0.25) is 0 Å². The molecule has 1 aliphatic rings. The van der Waals surface area contributed by atoms with Crippen molar-refractivity contribution in [2.75, 3.05) is 23.5 Å². The van der Waals surface area contributed by atoms with E-state index in [9.17, 15) is 10.2 Å². The lowest BCUT2D eigenvalue weighted by molar-refractivity contribution is 0.0414. The number of aliphatic hydroxyl groups excluding tert-OH is 2. The molecule has 1 fully saturated rings. The number of hydrogen-bond donors (Lipinski definition) is 3. The predicted octanol–water partition coefficient (Wildman–Crippen LogP) is 1.75. The molecule has 134 valence electrons. The van der Waals surface area contributed by atoms with Crippen LogP contribution in [0.5, 0.6) is 0 Å². The number of hydrogen-bond acceptors (Lipinski definition) is 7. The Hall–Kier alpha value is -1.83. The van der Waals surface area contributed by atoms with Crippen LogP contribution in [-0.4, -0.2) is 57.0 Å². The number of aliphatic hydroxyl groups is 2. The first-order valence-electron chi connectivity index (χ1n) is 8.31. The van der Waals surface area contributed by atoms with Gasteiger partial charge in [-0.1, -0.05) is 30.3 Å². The first-order valence-corrected chi connectivity index (χ1v) is 9.60. The fraction of sp³-hybridized carbons (Fsp3) is 0.444. The van der Waals surface area contributed by atoms with Crippen LogP contribution in [0, 0.1) is 0 Å². The van der Waals surface area contributed by atoms with Crippen LogP contribution in [0.4, 0.5) is 11.6 Å². The van der Waals surface area contributed by atoms with E-state index < -0.39 is 12.2 Å². The van der Waals surface area contributed by atoms with Crippen molar-refractivity contribution in [1.82, 2.24) is 9.97 Å². The normalized spacial score (nSPS) is 25.8. The molecule has 25 heavy (non-hydrogen) atoms. The summed E-state index contributed by atoms with van der Waals surface area (Å²) in [5.41, 5.74) is 1.20. The van der Waals surface area contributed by atoms with Crippen LogP contribution in [0.25, 0.3) is 0 Å². The summed E-state index contributed by atoms with van der Waals surface area (Å²) in [5.74, 6) is 1.46. The zero-order chi connectivity index (χ0) is 17.8. The molecular weight excluding hydrogens is 336 g/mol. The van der Waals surface area contributed by atoms with Gasteiger partial charge in [-0.05, 0) is 18.2 Å². The first-order chi connectivity index (χ1) is 12.1. The summed E-state index contributed by atoms with van der Waals surface area (Å²) in [5, 5.41) is 23.6. The van der Waals surface area contributed by atoms with Crippen LogP contribution in [-0.2, 0) is 6.54 Å². The largest absolute Gasteiger partial charge is 0.389 e. The average molecular weight is 360 g/mol. The monoisotopic (exact) mass is 360 g/mol. The van der Waals surface area contributed by atoms with E-state index in [0.29, 0.717) is 12.2 Å². The quantitative estimate of drug-likeness (QED) is 0.724. The summed E-state index contributed by atoms with van der Waals surface area (Å²) in [6.07, 6.45) is 2.66. The van der Waals surface area contributed by atoms with Crippen molar-refractivity contribution < 1.29 is 10.2 Å². The van der Waals surface area contributed by atoms with E-state index >= 15 is 0 Å². The van der Waals surface area contributed by atoms with E-state index in [2.05, 4.69) is 27.4 Å². The molecule has 0 amide bonds. The number of anilines is 2. The molecule has 1 aromatic heterocycles. The van der Waals surface area contributed by atoms with Crippen molar-refractivity contribution in [3.8, 4) is 0 Å². The van der Waals surface area contributed by atoms with E-state index in [1.165, 1.54) is 11.9 Å². The third kappa shape index (κ3) is 4.23. The van der Waals surface area contributed by atoms with Crippen molar-refractivity contribution in [2.45, 2.75) is 36.5 Å². The summed E-state index contributed by atoms with van der Waals surface area (Å²) in [6, 6.07) is 11.9. The fourth-order valence-corrected chi connectivity index (χ4v) is 3.97. The predicted molar refractivity (Wildman–Crippen MR) is 102 cm³/mol. The molecule has 7 heteroatoms. The third-order valence-electron chi connectivity index (χ3n) is 4.57. The second kappa shape index (κ2) is 8.03. The molecular formula is C18H24N4O2S. The lowest BCUT2D eigenvalue weighted by atomic mass is 10.2. The van der Waals surface area contributed by atoms with Crippen LogP contribution < -0.4 is 10.2 Å². The van der Waals surface area contributed by atoms with E-state index in [-0.39, 0.29) is 11.3 Å². The number of nitrogens with zero attached hydrogens (tertiary/aromatic N) is 3. The molecule has 4 atom stereocenters. The first kappa shape index (κ1) is 18.0. The number of thioether (sulfide) groups is 1. The third-order valence-corrected chi connectivity index (χ3v) is 5.65. The summed E-state index contributed by atoms with van der Waals surface area (Å²) in [7, 11) is 1.98. The molecule has 1 aliphatic carbocycles. The molecule has 0 bridgehead atoms. The van der Waals surface area contributed by atoms with Gasteiger partial charge in [-0.3, -0.25) is 0 Å². The minimum atomic E-state index is -0.794. The van der Waals surface area contributed by atoms with E-state index in [0.717, 1.165) is 12.4 Å². The molecule has 0 spiro atoms. The van der Waals surface area contributed by atoms with Gasteiger partial charge in [-0.2, -0.15) is 11.8 Å². The Labute approximate surface area is 152 Å². The highest BCUT2D eigenvalue weighted by molar-refractivity contribution is 7.99. The van der Waals surface area contributed by atoms with E-state index in [1.54, 1.807) is 11.8 Å². The molecule has 3 rings (SSSR count). The van der Waals surface area contributed by atoms with Crippen LogP contribution in [0.15, 0.2) is 42.7 Å². The van der Waals surface area contributed by atoms with Crippen LogP contribution in [0.3, 0.4) is 0 Å². The van der Waals surface area contributed by atoms with Gasteiger partial charge in [0.25, 0.3) is 0 Å². The Morgan fingerprint density at radius 3 is 2.64 bits per heavy atom. The summed E-state index contributed by atoms with van der Waals surface area (Å²) >= 11 is 1.58. The van der Waals surface area contributed by atoms with Crippen molar-refractivity contribution in [3.63, 3.8) is 0 Å². The standard InChI is InChI=1S/C18H24N4O2S/c1-22(10-12-6-4-3-5-7-12)16-9-15(19-11-20-16)21-13-8-14(25-2)18(24)17(13)23/h3-7,9,11,13-14,17-18,23-24H,8,10H2,1-2H3,(H,19,20,21)/t13-,14-,17+,18+/m1/s1. The van der Waals surface area contributed by atoms with Gasteiger partial charge in [-0.25, -0.2) is 9.97 Å². The number of rotatable bonds is 6. The molecule has 0 radical (unpaired) electrons. The van der Waals surface area contributed by atoms with Gasteiger partial charge in [0.05, 0.1) is 12.1 Å². The molecule has 1 aromatic carbocycles. The van der Waals surface area contributed by atoms with Crippen LogP contribution in [0.1, 0.15) is 12.0 Å². The van der Waals surface area contributed by atoms with Gasteiger partial charge < -0.3 is 20.4 Å². The minimum absolute atomic E-state index is 0.0366. The Bertz CT molecular complexity index is 688. The van der Waals surface area contributed by atoms with Gasteiger partial charge in [0.2, 0.25) is 0 Å². The highest BCUT2D eigenvalue weighted by Crippen LogP contribution is 2.31. The number of aromatic nitrogens is 2. The highest BCUT2D eigenvalue weighted by Gasteiger charge is 2.41. The maximum Gasteiger partial charge on any atom is 0.134 e. The maximum absolute atomic E-state index is 10.2. The maximum atomic E-state index is 10.2. The van der Waals surface area contributed by atoms with Gasteiger partial charge >= 0.3 is 0 Å². The molecule has 6 nitrogen and oxygen atoms in total. The molecule has 0 saturated heterocycles. The van der Waals surface area contributed by atoms with Crippen molar-refractivity contribution in [2.24, 2.45) is 0 Å². The van der Waals surface area contributed by atoms with Crippen LogP contribution >= 0.6 is 11.8 Å². The fourth-order valence-electron chi connectivity index (χ4n) is 3.13. The van der Waals surface area contributed by atoms with Gasteiger partial charge in [-0.15, -0.1) is 0 Å². The molecule has 0 unspecified atom stereocenters.